The van der Waals surface area contributed by atoms with Gasteiger partial charge >= 0.3 is 4.87 Å². The van der Waals surface area contributed by atoms with Crippen molar-refractivity contribution in [2.24, 2.45) is 0 Å². The minimum absolute atomic E-state index is 0.0560. The first-order valence-electron chi connectivity index (χ1n) is 9.75. The third-order valence-electron chi connectivity index (χ3n) is 5.36. The molecule has 6 nitrogen and oxygen atoms in total. The van der Waals surface area contributed by atoms with Crippen LogP contribution in [0.4, 0.5) is 0 Å². The molecule has 0 bridgehead atoms. The summed E-state index contributed by atoms with van der Waals surface area (Å²) in [6, 6.07) is 10.4. The number of methoxy groups -OCH3 is 1. The zero-order chi connectivity index (χ0) is 20.6. The fourth-order valence-electron chi connectivity index (χ4n) is 3.94. The second kappa shape index (κ2) is 7.93. The molecule has 8 heteroatoms. The molecule has 0 radical (unpaired) electrons. The third kappa shape index (κ3) is 3.84. The monoisotopic (exact) mass is 432 g/mol. The Morgan fingerprint density at radius 3 is 2.83 bits per heavy atom. The van der Waals surface area contributed by atoms with Gasteiger partial charge in [-0.25, -0.2) is 13.1 Å². The van der Waals surface area contributed by atoms with Crippen LogP contribution in [0.2, 0.25) is 0 Å². The van der Waals surface area contributed by atoms with Crippen LogP contribution in [0.15, 0.2) is 46.1 Å². The molecular weight excluding hydrogens is 408 g/mol. The van der Waals surface area contributed by atoms with Crippen LogP contribution >= 0.6 is 11.3 Å². The van der Waals surface area contributed by atoms with Crippen LogP contribution in [0, 0.1) is 0 Å². The van der Waals surface area contributed by atoms with Gasteiger partial charge in [0.25, 0.3) is 0 Å². The zero-order valence-corrected chi connectivity index (χ0v) is 18.1. The molecule has 0 spiro atoms. The summed E-state index contributed by atoms with van der Waals surface area (Å²) in [4.78, 5) is 12.3. The van der Waals surface area contributed by atoms with Crippen LogP contribution in [0.3, 0.4) is 0 Å². The maximum atomic E-state index is 13.1. The largest absolute Gasteiger partial charge is 0.497 e. The third-order valence-corrected chi connectivity index (χ3v) is 7.77. The highest BCUT2D eigenvalue weighted by atomic mass is 32.2. The van der Waals surface area contributed by atoms with Crippen molar-refractivity contribution in [2.45, 2.75) is 50.1 Å². The van der Waals surface area contributed by atoms with Crippen molar-refractivity contribution < 1.29 is 13.2 Å². The summed E-state index contributed by atoms with van der Waals surface area (Å²) in [5.41, 5.74) is 2.91. The second-order valence-electron chi connectivity index (χ2n) is 7.28. The van der Waals surface area contributed by atoms with Gasteiger partial charge in [0.15, 0.2) is 0 Å². The number of aromatic nitrogens is 1. The lowest BCUT2D eigenvalue weighted by Crippen LogP contribution is -2.31. The number of thiazole rings is 1. The minimum Gasteiger partial charge on any atom is -0.497 e. The van der Waals surface area contributed by atoms with E-state index in [1.807, 2.05) is 25.1 Å². The fourth-order valence-corrected chi connectivity index (χ4v) is 6.25. The molecule has 3 aromatic rings. The molecule has 0 unspecified atom stereocenters. The van der Waals surface area contributed by atoms with Crippen LogP contribution in [0.1, 0.15) is 43.4 Å². The van der Waals surface area contributed by atoms with E-state index < -0.39 is 10.0 Å². The highest BCUT2D eigenvalue weighted by molar-refractivity contribution is 7.89. The molecule has 0 amide bonds. The molecule has 0 saturated carbocycles. The van der Waals surface area contributed by atoms with E-state index in [2.05, 4.69) is 4.72 Å². The molecule has 1 aliphatic rings. The van der Waals surface area contributed by atoms with Crippen molar-refractivity contribution in [3.63, 3.8) is 0 Å². The van der Waals surface area contributed by atoms with Crippen molar-refractivity contribution >= 4 is 31.6 Å². The normalized spacial score (nSPS) is 16.7. The summed E-state index contributed by atoms with van der Waals surface area (Å²) in [7, 11) is -2.08. The van der Waals surface area contributed by atoms with Gasteiger partial charge in [-0.1, -0.05) is 24.3 Å². The van der Waals surface area contributed by atoms with Crippen molar-refractivity contribution in [2.75, 3.05) is 7.11 Å². The number of nitrogens with zero attached hydrogens (tertiary/aromatic N) is 1. The Balaban J connectivity index is 1.66. The first kappa shape index (κ1) is 20.1. The van der Waals surface area contributed by atoms with E-state index in [-0.39, 0.29) is 15.8 Å². The Morgan fingerprint density at radius 2 is 2.07 bits per heavy atom. The smallest absolute Gasteiger partial charge is 0.308 e. The number of fused-ring (bicyclic) bond motifs is 2. The van der Waals surface area contributed by atoms with Gasteiger partial charge in [0, 0.05) is 12.6 Å². The Labute approximate surface area is 174 Å². The molecule has 29 heavy (non-hydrogen) atoms. The molecule has 0 saturated heterocycles. The molecule has 4 rings (SSSR count). The maximum Gasteiger partial charge on any atom is 0.308 e. The standard InChI is InChI=1S/C21H24N2O4S2/c1-3-11-23-19-10-8-16(13-20(19)28-21(23)24)29(25,26)22-18-6-4-5-14-12-15(27-2)7-9-17(14)18/h7-10,12-13,18,22H,3-6,11H2,1-2H3/t18-/m1/s1. The number of aryl methyl sites for hydroxylation is 2. The number of nitrogens with one attached hydrogen (secondary N) is 1. The average molecular weight is 433 g/mol. The van der Waals surface area contributed by atoms with E-state index in [0.29, 0.717) is 11.2 Å². The number of hydrogen-bond acceptors (Lipinski definition) is 5. The Morgan fingerprint density at radius 1 is 1.24 bits per heavy atom. The summed E-state index contributed by atoms with van der Waals surface area (Å²) in [6.07, 6.45) is 3.42. The molecule has 0 fully saturated rings. The lowest BCUT2D eigenvalue weighted by atomic mass is 9.88. The number of sulfonamides is 1. The average Bonchev–Trinajstić information content (AvgIpc) is 3.02. The number of ether oxygens (including phenoxy) is 1. The minimum atomic E-state index is -3.71. The molecule has 2 aromatic carbocycles. The molecule has 1 aromatic heterocycles. The first-order valence-corrected chi connectivity index (χ1v) is 12.1. The lowest BCUT2D eigenvalue weighted by molar-refractivity contribution is 0.412. The van der Waals surface area contributed by atoms with Crippen molar-refractivity contribution in [1.29, 1.82) is 0 Å². The predicted molar refractivity (Wildman–Crippen MR) is 115 cm³/mol. The van der Waals surface area contributed by atoms with Gasteiger partial charge in [-0.15, -0.1) is 0 Å². The van der Waals surface area contributed by atoms with Gasteiger partial charge in [0.2, 0.25) is 10.0 Å². The molecule has 154 valence electrons. The van der Waals surface area contributed by atoms with Crippen molar-refractivity contribution in [3.05, 3.63) is 57.2 Å². The SMILES string of the molecule is CCCn1c(=O)sc2cc(S(=O)(=O)N[C@@H]3CCCc4cc(OC)ccc43)ccc21. The summed E-state index contributed by atoms with van der Waals surface area (Å²) in [5, 5.41) is 0. The molecule has 1 atom stereocenters. The Hall–Kier alpha value is -2.16. The van der Waals surface area contributed by atoms with Gasteiger partial charge in [-0.05, 0) is 67.1 Å². The van der Waals surface area contributed by atoms with E-state index in [1.165, 1.54) is 0 Å². The zero-order valence-electron chi connectivity index (χ0n) is 16.5. The van der Waals surface area contributed by atoms with Crippen LogP contribution in [0.5, 0.6) is 5.75 Å². The number of hydrogen-bond donors (Lipinski definition) is 1. The summed E-state index contributed by atoms with van der Waals surface area (Å²) < 4.78 is 36.7. The summed E-state index contributed by atoms with van der Waals surface area (Å²) >= 11 is 1.09. The van der Waals surface area contributed by atoms with Gasteiger partial charge in [-0.2, -0.15) is 0 Å². The van der Waals surface area contributed by atoms with E-state index in [4.69, 9.17) is 4.74 Å². The maximum absolute atomic E-state index is 13.1. The van der Waals surface area contributed by atoms with Crippen LogP contribution in [0.25, 0.3) is 10.2 Å². The Bertz CT molecular complexity index is 1210. The summed E-state index contributed by atoms with van der Waals surface area (Å²) in [6.45, 7) is 2.64. The Kier molecular flexibility index (Phi) is 5.50. The fraction of sp³-hybridized carbons (Fsp3) is 0.381. The highest BCUT2D eigenvalue weighted by Gasteiger charge is 2.26. The lowest BCUT2D eigenvalue weighted by Gasteiger charge is -2.26. The van der Waals surface area contributed by atoms with Gasteiger partial charge in [-0.3, -0.25) is 9.36 Å². The van der Waals surface area contributed by atoms with Crippen LogP contribution < -0.4 is 14.3 Å². The topological polar surface area (TPSA) is 77.4 Å². The quantitative estimate of drug-likeness (QED) is 0.642. The molecule has 1 heterocycles. The molecule has 1 N–H and O–H groups in total. The molecule has 1 aliphatic carbocycles. The van der Waals surface area contributed by atoms with Gasteiger partial charge in [0.1, 0.15) is 5.75 Å². The highest BCUT2D eigenvalue weighted by Crippen LogP contribution is 2.33. The summed E-state index contributed by atoms with van der Waals surface area (Å²) in [5.74, 6) is 0.782. The number of rotatable bonds is 6. The first-order chi connectivity index (χ1) is 13.9. The number of benzene rings is 2. The van der Waals surface area contributed by atoms with Crippen molar-refractivity contribution in [3.8, 4) is 5.75 Å². The molecule has 0 aliphatic heterocycles. The van der Waals surface area contributed by atoms with Gasteiger partial charge < -0.3 is 4.74 Å². The van der Waals surface area contributed by atoms with E-state index in [1.54, 1.807) is 29.9 Å². The van der Waals surface area contributed by atoms with E-state index in [9.17, 15) is 13.2 Å². The van der Waals surface area contributed by atoms with Crippen LogP contribution in [-0.4, -0.2) is 20.1 Å². The molecular formula is C21H24N2O4S2. The van der Waals surface area contributed by atoms with Crippen LogP contribution in [-0.2, 0) is 23.0 Å². The predicted octanol–water partition coefficient (Wildman–Crippen LogP) is 3.84. The second-order valence-corrected chi connectivity index (χ2v) is 9.99. The van der Waals surface area contributed by atoms with E-state index in [0.717, 1.165) is 59.4 Å². The van der Waals surface area contributed by atoms with Gasteiger partial charge in [0.05, 0.1) is 22.2 Å². The van der Waals surface area contributed by atoms with E-state index >= 15 is 0 Å². The van der Waals surface area contributed by atoms with Crippen molar-refractivity contribution in [1.82, 2.24) is 9.29 Å².